The number of furan rings is 1. The summed E-state index contributed by atoms with van der Waals surface area (Å²) < 4.78 is 5.20. The molecule has 23 heavy (non-hydrogen) atoms. The maximum Gasteiger partial charge on any atom is 0.171 e. The highest BCUT2D eigenvalue weighted by molar-refractivity contribution is 5.75. The van der Waals surface area contributed by atoms with Gasteiger partial charge in [-0.2, -0.15) is 0 Å². The molecule has 1 unspecified atom stereocenters. The summed E-state index contributed by atoms with van der Waals surface area (Å²) in [6.45, 7) is 0. The van der Waals surface area contributed by atoms with Crippen molar-refractivity contribution in [2.75, 3.05) is 0 Å². The molecule has 0 saturated heterocycles. The molecule has 3 nitrogen and oxygen atoms in total. The van der Waals surface area contributed by atoms with E-state index in [-0.39, 0.29) is 6.10 Å². The van der Waals surface area contributed by atoms with E-state index in [4.69, 9.17) is 9.25 Å². The molecule has 114 valence electrons. The zero-order valence-electron chi connectivity index (χ0n) is 12.6. The lowest BCUT2D eigenvalue weighted by atomic mass is 10.1. The van der Waals surface area contributed by atoms with Crippen LogP contribution in [0.2, 0.25) is 0 Å². The number of hydrogen-bond donors (Lipinski definition) is 0. The fraction of sp³-hybridized carbons (Fsp3) is 0.0500. The van der Waals surface area contributed by atoms with Gasteiger partial charge in [0.05, 0.1) is 6.26 Å². The summed E-state index contributed by atoms with van der Waals surface area (Å²) in [6.07, 6.45) is 6.92. The maximum atomic E-state index is 5.65. The molecule has 3 rings (SSSR count). The molecular weight excluding hydrogens is 286 g/mol. The Labute approximate surface area is 135 Å². The van der Waals surface area contributed by atoms with E-state index in [9.17, 15) is 0 Å². The van der Waals surface area contributed by atoms with Crippen LogP contribution in [-0.2, 0) is 4.84 Å². The van der Waals surface area contributed by atoms with Crippen molar-refractivity contribution in [3.63, 3.8) is 0 Å². The summed E-state index contributed by atoms with van der Waals surface area (Å²) in [5.41, 5.74) is 2.16. The molecule has 0 aliphatic rings. The summed E-state index contributed by atoms with van der Waals surface area (Å²) in [5, 5.41) is 4.03. The summed E-state index contributed by atoms with van der Waals surface area (Å²) in [6, 6.07) is 23.7. The van der Waals surface area contributed by atoms with Crippen molar-refractivity contribution in [1.29, 1.82) is 0 Å². The molecule has 3 aromatic rings. The van der Waals surface area contributed by atoms with Crippen LogP contribution in [0.1, 0.15) is 23.0 Å². The fourth-order valence-electron chi connectivity index (χ4n) is 2.13. The number of hydrogen-bond acceptors (Lipinski definition) is 3. The minimum absolute atomic E-state index is 0.261. The topological polar surface area (TPSA) is 34.7 Å². The van der Waals surface area contributed by atoms with Gasteiger partial charge in [-0.3, -0.25) is 0 Å². The van der Waals surface area contributed by atoms with Gasteiger partial charge in [0.2, 0.25) is 0 Å². The SMILES string of the molecule is C(=C\C(O/N=C/c1ccco1)c1ccccc1)/c1ccccc1. The van der Waals surface area contributed by atoms with Gasteiger partial charge in [-0.05, 0) is 29.3 Å². The molecule has 0 radical (unpaired) electrons. The summed E-state index contributed by atoms with van der Waals surface area (Å²) in [5.74, 6) is 0.656. The van der Waals surface area contributed by atoms with Crippen LogP contribution in [0.15, 0.2) is 94.7 Å². The van der Waals surface area contributed by atoms with Crippen LogP contribution >= 0.6 is 0 Å². The van der Waals surface area contributed by atoms with E-state index >= 15 is 0 Å². The molecule has 0 fully saturated rings. The molecule has 3 heteroatoms. The Kier molecular flexibility index (Phi) is 5.04. The third-order valence-corrected chi connectivity index (χ3v) is 3.29. The summed E-state index contributed by atoms with van der Waals surface area (Å²) in [4.78, 5) is 5.65. The van der Waals surface area contributed by atoms with Crippen LogP contribution in [0.4, 0.5) is 0 Å². The Balaban J connectivity index is 1.75. The lowest BCUT2D eigenvalue weighted by Crippen LogP contribution is -1.97. The van der Waals surface area contributed by atoms with E-state index in [1.54, 1.807) is 12.5 Å². The third-order valence-electron chi connectivity index (χ3n) is 3.29. The molecule has 2 aromatic carbocycles. The second-order valence-electron chi connectivity index (χ2n) is 4.96. The Bertz CT molecular complexity index is 747. The molecule has 1 heterocycles. The monoisotopic (exact) mass is 303 g/mol. The molecule has 1 aromatic heterocycles. The number of benzene rings is 2. The Morgan fingerprint density at radius 2 is 1.61 bits per heavy atom. The van der Waals surface area contributed by atoms with E-state index < -0.39 is 0 Å². The number of nitrogens with zero attached hydrogens (tertiary/aromatic N) is 1. The molecule has 0 N–H and O–H groups in total. The standard InChI is InChI=1S/C20H17NO2/c1-3-8-17(9-4-1)13-14-20(18-10-5-2-6-11-18)23-21-16-19-12-7-15-22-19/h1-16,20H/b14-13+,21-16+. The minimum Gasteiger partial charge on any atom is -0.463 e. The highest BCUT2D eigenvalue weighted by atomic mass is 16.6. The predicted molar refractivity (Wildman–Crippen MR) is 92.0 cm³/mol. The van der Waals surface area contributed by atoms with Crippen LogP contribution in [0.5, 0.6) is 0 Å². The van der Waals surface area contributed by atoms with Gasteiger partial charge in [-0.15, -0.1) is 0 Å². The van der Waals surface area contributed by atoms with Gasteiger partial charge in [0.25, 0.3) is 0 Å². The largest absolute Gasteiger partial charge is 0.463 e. The van der Waals surface area contributed by atoms with E-state index in [2.05, 4.69) is 5.16 Å². The van der Waals surface area contributed by atoms with Gasteiger partial charge < -0.3 is 9.25 Å². The molecule has 1 atom stereocenters. The smallest absolute Gasteiger partial charge is 0.171 e. The highest BCUT2D eigenvalue weighted by Crippen LogP contribution is 2.20. The third kappa shape index (κ3) is 4.45. The molecular formula is C20H17NO2. The zero-order chi connectivity index (χ0) is 15.7. The summed E-state index contributed by atoms with van der Waals surface area (Å²) >= 11 is 0. The fourth-order valence-corrected chi connectivity index (χ4v) is 2.13. The van der Waals surface area contributed by atoms with Crippen molar-refractivity contribution in [1.82, 2.24) is 0 Å². The van der Waals surface area contributed by atoms with Gasteiger partial charge in [-0.25, -0.2) is 0 Å². The van der Waals surface area contributed by atoms with Crippen LogP contribution in [0, 0.1) is 0 Å². The van der Waals surface area contributed by atoms with Crippen LogP contribution < -0.4 is 0 Å². The average molecular weight is 303 g/mol. The van der Waals surface area contributed by atoms with Crippen molar-refractivity contribution in [2.24, 2.45) is 5.16 Å². The van der Waals surface area contributed by atoms with Gasteiger partial charge in [0.15, 0.2) is 6.10 Å². The first kappa shape index (κ1) is 14.9. The second-order valence-corrected chi connectivity index (χ2v) is 4.96. The summed E-state index contributed by atoms with van der Waals surface area (Å²) in [7, 11) is 0. The van der Waals surface area contributed by atoms with Crippen LogP contribution in [0.25, 0.3) is 6.08 Å². The van der Waals surface area contributed by atoms with Gasteiger partial charge in [0, 0.05) is 0 Å². The minimum atomic E-state index is -0.261. The Hall–Kier alpha value is -3.07. The number of rotatable bonds is 6. The molecule has 0 bridgehead atoms. The zero-order valence-corrected chi connectivity index (χ0v) is 12.6. The predicted octanol–water partition coefficient (Wildman–Crippen LogP) is 5.08. The van der Waals surface area contributed by atoms with E-state index in [0.29, 0.717) is 5.76 Å². The lowest BCUT2D eigenvalue weighted by Gasteiger charge is -2.11. The Morgan fingerprint density at radius 1 is 0.870 bits per heavy atom. The molecule has 0 spiro atoms. The van der Waals surface area contributed by atoms with Crippen molar-refractivity contribution in [3.05, 3.63) is 102 Å². The van der Waals surface area contributed by atoms with Crippen molar-refractivity contribution < 1.29 is 9.25 Å². The van der Waals surface area contributed by atoms with Crippen LogP contribution in [0.3, 0.4) is 0 Å². The first-order valence-electron chi connectivity index (χ1n) is 7.43. The molecule has 0 aliphatic carbocycles. The molecule has 0 saturated carbocycles. The first-order chi connectivity index (χ1) is 11.4. The van der Waals surface area contributed by atoms with Crippen molar-refractivity contribution in [2.45, 2.75) is 6.10 Å². The van der Waals surface area contributed by atoms with E-state index in [0.717, 1.165) is 11.1 Å². The van der Waals surface area contributed by atoms with E-state index in [1.807, 2.05) is 84.9 Å². The average Bonchev–Trinajstić information content (AvgIpc) is 3.13. The van der Waals surface area contributed by atoms with Crippen molar-refractivity contribution >= 4 is 12.3 Å². The van der Waals surface area contributed by atoms with Gasteiger partial charge >= 0.3 is 0 Å². The Morgan fingerprint density at radius 3 is 2.30 bits per heavy atom. The van der Waals surface area contributed by atoms with Gasteiger partial charge in [-0.1, -0.05) is 71.9 Å². The van der Waals surface area contributed by atoms with E-state index in [1.165, 1.54) is 0 Å². The van der Waals surface area contributed by atoms with Crippen molar-refractivity contribution in [3.8, 4) is 0 Å². The first-order valence-corrected chi connectivity index (χ1v) is 7.43. The van der Waals surface area contributed by atoms with Crippen LogP contribution in [-0.4, -0.2) is 6.21 Å². The van der Waals surface area contributed by atoms with Gasteiger partial charge in [0.1, 0.15) is 12.0 Å². The quantitative estimate of drug-likeness (QED) is 0.470. The second kappa shape index (κ2) is 7.80. The number of oxime groups is 1. The molecule has 0 aliphatic heterocycles. The lowest BCUT2D eigenvalue weighted by molar-refractivity contribution is 0.0946. The maximum absolute atomic E-state index is 5.65. The molecule has 0 amide bonds. The highest BCUT2D eigenvalue weighted by Gasteiger charge is 2.08. The normalized spacial score (nSPS) is 12.7.